The SMILES string of the molecule is CCCCCCCC/C=C\CCCCCCCCNCCCC(CCCCCC/C=C\CCCCCCCC)C(N)=O. The van der Waals surface area contributed by atoms with Crippen LogP contribution in [0.3, 0.4) is 0 Å². The largest absolute Gasteiger partial charge is 0.369 e. The number of unbranched alkanes of at least 4 members (excludes halogenated alkanes) is 22. The highest BCUT2D eigenvalue weighted by Crippen LogP contribution is 2.17. The van der Waals surface area contributed by atoms with Gasteiger partial charge in [-0.15, -0.1) is 0 Å². The Morgan fingerprint density at radius 2 is 0.810 bits per heavy atom. The number of rotatable bonds is 35. The lowest BCUT2D eigenvalue weighted by atomic mass is 9.95. The maximum absolute atomic E-state index is 11.9. The smallest absolute Gasteiger partial charge is 0.220 e. The Hall–Kier alpha value is -1.09. The van der Waals surface area contributed by atoms with Gasteiger partial charge >= 0.3 is 0 Å². The molecule has 248 valence electrons. The number of allylic oxidation sites excluding steroid dienone is 4. The maximum Gasteiger partial charge on any atom is 0.220 e. The summed E-state index contributed by atoms with van der Waals surface area (Å²) in [4.78, 5) is 11.9. The first-order valence-corrected chi connectivity index (χ1v) is 19.0. The Morgan fingerprint density at radius 1 is 0.476 bits per heavy atom. The molecule has 0 aliphatic heterocycles. The van der Waals surface area contributed by atoms with Crippen molar-refractivity contribution >= 4 is 5.91 Å². The molecule has 0 aliphatic rings. The second-order valence-corrected chi connectivity index (χ2v) is 12.9. The van der Waals surface area contributed by atoms with E-state index in [1.807, 2.05) is 0 Å². The van der Waals surface area contributed by atoms with Crippen LogP contribution >= 0.6 is 0 Å². The van der Waals surface area contributed by atoms with Gasteiger partial charge in [0.25, 0.3) is 0 Å². The molecule has 3 nitrogen and oxygen atoms in total. The summed E-state index contributed by atoms with van der Waals surface area (Å²) >= 11 is 0. The van der Waals surface area contributed by atoms with E-state index in [0.29, 0.717) is 0 Å². The third-order valence-corrected chi connectivity index (χ3v) is 8.74. The third-order valence-electron chi connectivity index (χ3n) is 8.74. The predicted octanol–water partition coefficient (Wildman–Crippen LogP) is 12.1. The molecule has 0 fully saturated rings. The van der Waals surface area contributed by atoms with Crippen molar-refractivity contribution in [3.05, 3.63) is 24.3 Å². The quantitative estimate of drug-likeness (QED) is 0.0571. The maximum atomic E-state index is 11.9. The lowest BCUT2D eigenvalue weighted by Gasteiger charge is -2.13. The lowest BCUT2D eigenvalue weighted by Crippen LogP contribution is -2.25. The summed E-state index contributed by atoms with van der Waals surface area (Å²) in [6.07, 6.45) is 47.2. The van der Waals surface area contributed by atoms with Crippen LogP contribution in [-0.2, 0) is 4.79 Å². The van der Waals surface area contributed by atoms with Gasteiger partial charge in [-0.1, -0.05) is 147 Å². The molecule has 0 aliphatic carbocycles. The van der Waals surface area contributed by atoms with Crippen LogP contribution in [0.15, 0.2) is 24.3 Å². The number of amides is 1. The monoisotopic (exact) mass is 589 g/mol. The van der Waals surface area contributed by atoms with Gasteiger partial charge in [-0.2, -0.15) is 0 Å². The highest BCUT2D eigenvalue weighted by molar-refractivity contribution is 5.76. The van der Waals surface area contributed by atoms with Crippen molar-refractivity contribution in [3.8, 4) is 0 Å². The van der Waals surface area contributed by atoms with Crippen LogP contribution in [0.2, 0.25) is 0 Å². The summed E-state index contributed by atoms with van der Waals surface area (Å²) in [6, 6.07) is 0. The highest BCUT2D eigenvalue weighted by Gasteiger charge is 2.14. The number of hydrogen-bond donors (Lipinski definition) is 2. The van der Waals surface area contributed by atoms with Crippen LogP contribution in [-0.4, -0.2) is 19.0 Å². The van der Waals surface area contributed by atoms with Gasteiger partial charge < -0.3 is 11.1 Å². The summed E-state index contributed by atoms with van der Waals surface area (Å²) in [5.41, 5.74) is 5.70. The Morgan fingerprint density at radius 3 is 1.24 bits per heavy atom. The molecular formula is C39H76N2O. The average Bonchev–Trinajstić information content (AvgIpc) is 2.99. The third kappa shape index (κ3) is 33.4. The zero-order chi connectivity index (χ0) is 30.6. The Balaban J connectivity index is 3.43. The van der Waals surface area contributed by atoms with Crippen LogP contribution in [0.1, 0.15) is 200 Å². The molecule has 0 aromatic heterocycles. The van der Waals surface area contributed by atoms with Gasteiger partial charge in [0, 0.05) is 5.92 Å². The number of nitrogens with two attached hydrogens (primary N) is 1. The fraction of sp³-hybridized carbons (Fsp3) is 0.872. The minimum atomic E-state index is -0.0964. The molecule has 0 saturated heterocycles. The van der Waals surface area contributed by atoms with Crippen molar-refractivity contribution in [1.29, 1.82) is 0 Å². The molecule has 42 heavy (non-hydrogen) atoms. The van der Waals surface area contributed by atoms with Crippen LogP contribution in [0.4, 0.5) is 0 Å². The van der Waals surface area contributed by atoms with E-state index in [4.69, 9.17) is 5.73 Å². The number of primary amides is 1. The number of carbonyl (C=O) groups is 1. The fourth-order valence-corrected chi connectivity index (χ4v) is 5.81. The van der Waals surface area contributed by atoms with E-state index in [1.54, 1.807) is 0 Å². The van der Waals surface area contributed by atoms with Gasteiger partial charge in [-0.05, 0) is 90.1 Å². The van der Waals surface area contributed by atoms with E-state index in [-0.39, 0.29) is 11.8 Å². The standard InChI is InChI=1S/C39H76N2O/c1-3-5-7-9-11-13-15-17-19-20-22-24-26-28-30-32-36-41-37-33-35-38(39(40)42)34-31-29-27-25-23-21-18-16-14-12-10-8-6-4-2/h17-19,21,38,41H,3-16,20,22-37H2,1-2H3,(H2,40,42)/b19-17-,21-18-. The first kappa shape index (κ1) is 40.9. The Labute approximate surface area is 264 Å². The van der Waals surface area contributed by atoms with Crippen LogP contribution in [0.25, 0.3) is 0 Å². The number of hydrogen-bond acceptors (Lipinski definition) is 2. The second-order valence-electron chi connectivity index (χ2n) is 12.9. The van der Waals surface area contributed by atoms with Gasteiger partial charge in [0.05, 0.1) is 0 Å². The summed E-state index contributed by atoms with van der Waals surface area (Å²) in [6.45, 7) is 6.68. The van der Waals surface area contributed by atoms with Crippen LogP contribution < -0.4 is 11.1 Å². The van der Waals surface area contributed by atoms with E-state index in [1.165, 1.54) is 161 Å². The molecule has 0 spiro atoms. The normalized spacial score (nSPS) is 12.6. The van der Waals surface area contributed by atoms with Crippen molar-refractivity contribution in [2.45, 2.75) is 200 Å². The molecule has 1 amide bonds. The summed E-state index contributed by atoms with van der Waals surface area (Å²) in [5.74, 6) is -0.0321. The summed E-state index contributed by atoms with van der Waals surface area (Å²) < 4.78 is 0. The molecule has 1 atom stereocenters. The predicted molar refractivity (Wildman–Crippen MR) is 189 cm³/mol. The lowest BCUT2D eigenvalue weighted by molar-refractivity contribution is -0.122. The summed E-state index contributed by atoms with van der Waals surface area (Å²) in [5, 5.41) is 3.58. The molecule has 0 saturated carbocycles. The first-order valence-electron chi connectivity index (χ1n) is 19.0. The number of nitrogens with one attached hydrogen (secondary N) is 1. The van der Waals surface area contributed by atoms with Crippen molar-refractivity contribution in [1.82, 2.24) is 5.32 Å². The van der Waals surface area contributed by atoms with Crippen molar-refractivity contribution in [3.63, 3.8) is 0 Å². The van der Waals surface area contributed by atoms with Crippen LogP contribution in [0, 0.1) is 5.92 Å². The second kappa shape index (κ2) is 36.1. The minimum absolute atomic E-state index is 0.0643. The van der Waals surface area contributed by atoms with Crippen molar-refractivity contribution in [2.24, 2.45) is 11.7 Å². The van der Waals surface area contributed by atoms with Gasteiger partial charge in [0.1, 0.15) is 0 Å². The molecule has 0 radical (unpaired) electrons. The van der Waals surface area contributed by atoms with Gasteiger partial charge in [-0.3, -0.25) is 4.79 Å². The van der Waals surface area contributed by atoms with E-state index in [9.17, 15) is 4.79 Å². The number of carbonyl (C=O) groups excluding carboxylic acids is 1. The Kier molecular flexibility index (Phi) is 35.2. The van der Waals surface area contributed by atoms with E-state index >= 15 is 0 Å². The molecular weight excluding hydrogens is 512 g/mol. The molecule has 0 heterocycles. The van der Waals surface area contributed by atoms with Gasteiger partial charge in [0.15, 0.2) is 0 Å². The summed E-state index contributed by atoms with van der Waals surface area (Å²) in [7, 11) is 0. The van der Waals surface area contributed by atoms with Crippen molar-refractivity contribution in [2.75, 3.05) is 13.1 Å². The van der Waals surface area contributed by atoms with Gasteiger partial charge in [-0.25, -0.2) is 0 Å². The first-order chi connectivity index (χ1) is 20.7. The van der Waals surface area contributed by atoms with Gasteiger partial charge in [0.2, 0.25) is 5.91 Å². The minimum Gasteiger partial charge on any atom is -0.369 e. The zero-order valence-corrected chi connectivity index (χ0v) is 28.8. The molecule has 3 heteroatoms. The topological polar surface area (TPSA) is 55.1 Å². The molecule has 0 aromatic carbocycles. The van der Waals surface area contributed by atoms with Crippen LogP contribution in [0.5, 0.6) is 0 Å². The van der Waals surface area contributed by atoms with E-state index < -0.39 is 0 Å². The molecule has 0 aromatic rings. The molecule has 3 N–H and O–H groups in total. The zero-order valence-electron chi connectivity index (χ0n) is 28.8. The Bertz CT molecular complexity index is 585. The van der Waals surface area contributed by atoms with E-state index in [2.05, 4.69) is 43.5 Å². The fourth-order valence-electron chi connectivity index (χ4n) is 5.81. The molecule has 1 unspecified atom stereocenters. The van der Waals surface area contributed by atoms with E-state index in [0.717, 1.165) is 38.8 Å². The molecule has 0 rings (SSSR count). The average molecular weight is 589 g/mol. The molecule has 0 bridgehead atoms. The highest BCUT2D eigenvalue weighted by atomic mass is 16.1. The van der Waals surface area contributed by atoms with Crippen molar-refractivity contribution < 1.29 is 4.79 Å².